The Morgan fingerprint density at radius 1 is 1.03 bits per heavy atom. The Hall–Kier alpha value is -0.770. The van der Waals surface area contributed by atoms with Gasteiger partial charge in [-0.1, -0.05) is 12.5 Å². The SMILES string of the molecule is COc1cc2c(c(OC)c1OC)CCC1=C2CCC2(C)C(OS(=O)(=O)[O-])CCC12.[Na+]. The molecule has 0 bridgehead atoms. The minimum Gasteiger partial charge on any atom is -0.726 e. The van der Waals surface area contributed by atoms with Crippen LogP contribution in [0.3, 0.4) is 0 Å². The van der Waals surface area contributed by atoms with Crippen molar-refractivity contribution < 1.29 is 60.9 Å². The molecule has 0 amide bonds. The first-order chi connectivity index (χ1) is 13.7. The molecule has 4 rings (SSSR count). The van der Waals surface area contributed by atoms with E-state index in [9.17, 15) is 13.0 Å². The molecule has 0 radical (unpaired) electrons. The van der Waals surface area contributed by atoms with Gasteiger partial charge in [-0.3, -0.25) is 4.18 Å². The number of ether oxygens (including phenoxy) is 3. The van der Waals surface area contributed by atoms with Gasteiger partial charge < -0.3 is 18.8 Å². The largest absolute Gasteiger partial charge is 1.00 e. The maximum atomic E-state index is 11.2. The molecular formula is C21H27NaO7S. The molecule has 0 aromatic heterocycles. The number of rotatable bonds is 5. The number of methoxy groups -OCH3 is 3. The van der Waals surface area contributed by atoms with Crippen LogP contribution in [0.15, 0.2) is 11.6 Å². The van der Waals surface area contributed by atoms with Gasteiger partial charge in [0.25, 0.3) is 0 Å². The second-order valence-electron chi connectivity index (χ2n) is 8.30. The predicted molar refractivity (Wildman–Crippen MR) is 106 cm³/mol. The van der Waals surface area contributed by atoms with Gasteiger partial charge in [0.2, 0.25) is 16.1 Å². The van der Waals surface area contributed by atoms with Crippen LogP contribution in [0.4, 0.5) is 0 Å². The zero-order valence-electron chi connectivity index (χ0n) is 18.2. The summed E-state index contributed by atoms with van der Waals surface area (Å²) >= 11 is 0. The monoisotopic (exact) mass is 446 g/mol. The van der Waals surface area contributed by atoms with Crippen LogP contribution in [0.5, 0.6) is 17.2 Å². The first-order valence-electron chi connectivity index (χ1n) is 9.91. The van der Waals surface area contributed by atoms with Crippen LogP contribution in [0, 0.1) is 11.3 Å². The average Bonchev–Trinajstić information content (AvgIpc) is 3.00. The molecule has 0 aliphatic heterocycles. The zero-order chi connectivity index (χ0) is 21.0. The second kappa shape index (κ2) is 8.64. The molecule has 0 N–H and O–H groups in total. The predicted octanol–water partition coefficient (Wildman–Crippen LogP) is 0.472. The first kappa shape index (κ1) is 23.9. The molecule has 1 aromatic rings. The topological polar surface area (TPSA) is 94.1 Å². The minimum absolute atomic E-state index is 0. The van der Waals surface area contributed by atoms with E-state index < -0.39 is 16.5 Å². The van der Waals surface area contributed by atoms with Gasteiger partial charge in [0.15, 0.2) is 11.5 Å². The van der Waals surface area contributed by atoms with Gasteiger partial charge in [0, 0.05) is 11.0 Å². The van der Waals surface area contributed by atoms with Crippen molar-refractivity contribution in [3.63, 3.8) is 0 Å². The van der Waals surface area contributed by atoms with Crippen molar-refractivity contribution in [3.8, 4) is 17.2 Å². The van der Waals surface area contributed by atoms with E-state index in [1.807, 2.05) is 6.07 Å². The van der Waals surface area contributed by atoms with Crippen LogP contribution < -0.4 is 43.8 Å². The van der Waals surface area contributed by atoms with Crippen LogP contribution in [-0.2, 0) is 21.0 Å². The number of hydrogen-bond acceptors (Lipinski definition) is 7. The number of benzene rings is 1. The summed E-state index contributed by atoms with van der Waals surface area (Å²) in [6.07, 6.45) is 4.13. The summed E-state index contributed by atoms with van der Waals surface area (Å²) in [4.78, 5) is 0. The van der Waals surface area contributed by atoms with Crippen LogP contribution in [0.2, 0.25) is 0 Å². The summed E-state index contributed by atoms with van der Waals surface area (Å²) in [7, 11) is 0.147. The maximum Gasteiger partial charge on any atom is 1.00 e. The molecule has 3 unspecified atom stereocenters. The summed E-state index contributed by atoms with van der Waals surface area (Å²) in [6.45, 7) is 2.06. The number of allylic oxidation sites excluding steroid dienone is 2. The Balaban J connectivity index is 0.00000256. The minimum atomic E-state index is -4.71. The summed E-state index contributed by atoms with van der Waals surface area (Å²) in [5, 5.41) is 0. The van der Waals surface area contributed by atoms with E-state index in [4.69, 9.17) is 18.4 Å². The van der Waals surface area contributed by atoms with Gasteiger partial charge >= 0.3 is 29.6 Å². The first-order valence-corrected chi connectivity index (χ1v) is 11.2. The fourth-order valence-corrected chi connectivity index (χ4v) is 6.40. The molecule has 3 aliphatic rings. The molecule has 1 aromatic carbocycles. The van der Waals surface area contributed by atoms with Crippen LogP contribution >= 0.6 is 0 Å². The summed E-state index contributed by atoms with van der Waals surface area (Å²) in [5.74, 6) is 2.17. The Labute approximate surface area is 200 Å². The van der Waals surface area contributed by atoms with Gasteiger partial charge in [0.05, 0.1) is 27.4 Å². The van der Waals surface area contributed by atoms with E-state index in [0.717, 1.165) is 43.2 Å². The molecule has 0 heterocycles. The smallest absolute Gasteiger partial charge is 0.726 e. The van der Waals surface area contributed by atoms with Crippen molar-refractivity contribution in [2.24, 2.45) is 11.3 Å². The fourth-order valence-electron chi connectivity index (χ4n) is 5.80. The third-order valence-corrected chi connectivity index (χ3v) is 7.58. The Kier molecular flexibility index (Phi) is 6.88. The molecule has 30 heavy (non-hydrogen) atoms. The van der Waals surface area contributed by atoms with E-state index in [1.165, 1.54) is 11.1 Å². The summed E-state index contributed by atoms with van der Waals surface area (Å²) in [6, 6.07) is 2.03. The van der Waals surface area contributed by atoms with Crippen molar-refractivity contribution >= 4 is 16.0 Å². The molecule has 3 aliphatic carbocycles. The Morgan fingerprint density at radius 3 is 2.33 bits per heavy atom. The molecule has 7 nitrogen and oxygen atoms in total. The molecule has 0 spiro atoms. The van der Waals surface area contributed by atoms with E-state index in [0.29, 0.717) is 23.7 Å². The van der Waals surface area contributed by atoms with E-state index in [-0.39, 0.29) is 40.9 Å². The van der Waals surface area contributed by atoms with Crippen molar-refractivity contribution in [1.82, 2.24) is 0 Å². The van der Waals surface area contributed by atoms with E-state index in [1.54, 1.807) is 21.3 Å². The van der Waals surface area contributed by atoms with Crippen molar-refractivity contribution in [2.75, 3.05) is 21.3 Å². The average molecular weight is 446 g/mol. The molecule has 1 saturated carbocycles. The second-order valence-corrected chi connectivity index (χ2v) is 9.31. The summed E-state index contributed by atoms with van der Waals surface area (Å²) in [5.41, 5.74) is 4.56. The summed E-state index contributed by atoms with van der Waals surface area (Å²) < 4.78 is 55.4. The number of fused-ring (bicyclic) bond motifs is 4. The third kappa shape index (κ3) is 3.80. The molecule has 1 fully saturated rings. The molecule has 3 atom stereocenters. The number of hydrogen-bond donors (Lipinski definition) is 0. The Bertz CT molecular complexity index is 972. The van der Waals surface area contributed by atoms with Gasteiger partial charge in [-0.05, 0) is 61.6 Å². The van der Waals surface area contributed by atoms with Gasteiger partial charge in [-0.2, -0.15) is 0 Å². The molecule has 9 heteroatoms. The van der Waals surface area contributed by atoms with Gasteiger partial charge in [0.1, 0.15) is 0 Å². The molecule has 160 valence electrons. The zero-order valence-corrected chi connectivity index (χ0v) is 21.1. The maximum absolute atomic E-state index is 11.2. The normalized spacial score (nSPS) is 27.5. The van der Waals surface area contributed by atoms with Gasteiger partial charge in [-0.25, -0.2) is 8.42 Å². The fraction of sp³-hybridized carbons (Fsp3) is 0.619. The quantitative estimate of drug-likeness (QED) is 0.369. The standard InChI is InChI=1S/C21H28O7S.Na/c1-21-10-9-12-13(16(21)7-8-18(21)28-29(22,23)24)5-6-14-15(12)11-17(25-2)20(27-4)19(14)26-3;/h11,16,18H,5-10H2,1-4H3,(H,22,23,24);/q;+1/p-1. The van der Waals surface area contributed by atoms with Crippen LogP contribution in [0.1, 0.15) is 50.2 Å². The van der Waals surface area contributed by atoms with Crippen molar-refractivity contribution in [2.45, 2.75) is 51.6 Å². The van der Waals surface area contributed by atoms with E-state index in [2.05, 4.69) is 6.92 Å². The van der Waals surface area contributed by atoms with Gasteiger partial charge in [-0.15, -0.1) is 0 Å². The van der Waals surface area contributed by atoms with Crippen molar-refractivity contribution in [3.05, 3.63) is 22.8 Å². The van der Waals surface area contributed by atoms with E-state index >= 15 is 0 Å². The van der Waals surface area contributed by atoms with Crippen LogP contribution in [0.25, 0.3) is 5.57 Å². The molecule has 0 saturated heterocycles. The molecular weight excluding hydrogens is 419 g/mol. The van der Waals surface area contributed by atoms with Crippen LogP contribution in [-0.4, -0.2) is 40.4 Å². The van der Waals surface area contributed by atoms with Crippen molar-refractivity contribution in [1.29, 1.82) is 0 Å². The third-order valence-electron chi connectivity index (χ3n) is 7.11. The Morgan fingerprint density at radius 2 is 1.73 bits per heavy atom.